The number of hydrogen-bond donors (Lipinski definition) is 0. The molecule has 0 aromatic heterocycles. The van der Waals surface area contributed by atoms with E-state index in [0.29, 0.717) is 6.42 Å². The van der Waals surface area contributed by atoms with E-state index in [-0.39, 0.29) is 5.78 Å². The van der Waals surface area contributed by atoms with E-state index in [1.807, 2.05) is 24.5 Å². The predicted molar refractivity (Wildman–Crippen MR) is 67.6 cm³/mol. The summed E-state index contributed by atoms with van der Waals surface area (Å²) in [6.07, 6.45) is 4.73. The Morgan fingerprint density at radius 3 is 3.19 bits per heavy atom. The molecule has 1 aromatic rings. The van der Waals surface area contributed by atoms with Crippen LogP contribution < -0.4 is 4.74 Å². The Hall–Kier alpha value is -0.960. The van der Waals surface area contributed by atoms with Crippen LogP contribution in [0.15, 0.2) is 18.2 Å². The lowest BCUT2D eigenvalue weighted by atomic mass is 10.0. The van der Waals surface area contributed by atoms with E-state index in [2.05, 4.69) is 0 Å². The highest BCUT2D eigenvalue weighted by Gasteiger charge is 2.13. The van der Waals surface area contributed by atoms with Crippen molar-refractivity contribution in [1.29, 1.82) is 0 Å². The van der Waals surface area contributed by atoms with Crippen molar-refractivity contribution in [1.82, 2.24) is 0 Å². The van der Waals surface area contributed by atoms with Crippen LogP contribution >= 0.6 is 11.8 Å². The molecule has 2 nitrogen and oxygen atoms in total. The van der Waals surface area contributed by atoms with Crippen LogP contribution in [0, 0.1) is 0 Å². The fraction of sp³-hybridized carbons (Fsp3) is 0.462. The topological polar surface area (TPSA) is 26.3 Å². The molecule has 0 saturated carbocycles. The first-order valence-electron chi connectivity index (χ1n) is 5.59. The number of carbonyl (C=O) groups excluding carboxylic acids is 1. The van der Waals surface area contributed by atoms with Crippen molar-refractivity contribution < 1.29 is 9.53 Å². The van der Waals surface area contributed by atoms with E-state index in [0.717, 1.165) is 36.5 Å². The molecule has 1 aliphatic heterocycles. The molecule has 1 aromatic carbocycles. The summed E-state index contributed by atoms with van der Waals surface area (Å²) in [6.45, 7) is 0.798. The van der Waals surface area contributed by atoms with Crippen LogP contribution in [-0.2, 0) is 6.42 Å². The van der Waals surface area contributed by atoms with Gasteiger partial charge in [0.05, 0.1) is 6.61 Å². The zero-order chi connectivity index (χ0) is 11.4. The van der Waals surface area contributed by atoms with Gasteiger partial charge in [0.15, 0.2) is 5.78 Å². The molecule has 0 unspecified atom stereocenters. The van der Waals surface area contributed by atoms with Crippen molar-refractivity contribution in [3.63, 3.8) is 0 Å². The quantitative estimate of drug-likeness (QED) is 0.752. The molecule has 0 amide bonds. The first kappa shape index (κ1) is 11.5. The van der Waals surface area contributed by atoms with Crippen molar-refractivity contribution in [2.24, 2.45) is 0 Å². The van der Waals surface area contributed by atoms with Gasteiger partial charge in [0.25, 0.3) is 0 Å². The summed E-state index contributed by atoms with van der Waals surface area (Å²) in [5.41, 5.74) is 2.01. The third-order valence-corrected chi connectivity index (χ3v) is 3.38. The summed E-state index contributed by atoms with van der Waals surface area (Å²) >= 11 is 1.71. The number of ether oxygens (including phenoxy) is 1. The Kier molecular flexibility index (Phi) is 3.88. The minimum atomic E-state index is 0.239. The van der Waals surface area contributed by atoms with Gasteiger partial charge < -0.3 is 4.74 Å². The van der Waals surface area contributed by atoms with Crippen LogP contribution in [0.1, 0.15) is 28.8 Å². The Morgan fingerprint density at radius 1 is 1.50 bits per heavy atom. The lowest BCUT2D eigenvalue weighted by molar-refractivity contribution is 0.0989. The van der Waals surface area contributed by atoms with Gasteiger partial charge in [0.1, 0.15) is 5.75 Å². The van der Waals surface area contributed by atoms with Crippen molar-refractivity contribution >= 4 is 17.5 Å². The van der Waals surface area contributed by atoms with Crippen LogP contribution in [0.3, 0.4) is 0 Å². The van der Waals surface area contributed by atoms with Gasteiger partial charge >= 0.3 is 0 Å². The second kappa shape index (κ2) is 5.39. The number of rotatable bonds is 4. The van der Waals surface area contributed by atoms with Crippen molar-refractivity contribution in [2.75, 3.05) is 18.6 Å². The van der Waals surface area contributed by atoms with Gasteiger partial charge in [-0.2, -0.15) is 11.8 Å². The first-order valence-corrected chi connectivity index (χ1v) is 6.98. The smallest absolute Gasteiger partial charge is 0.163 e. The van der Waals surface area contributed by atoms with Gasteiger partial charge in [-0.1, -0.05) is 0 Å². The maximum absolute atomic E-state index is 11.8. The van der Waals surface area contributed by atoms with Gasteiger partial charge in [0.2, 0.25) is 0 Å². The van der Waals surface area contributed by atoms with Crippen molar-refractivity contribution in [2.45, 2.75) is 19.3 Å². The molecule has 16 heavy (non-hydrogen) atoms. The Labute approximate surface area is 100 Å². The Morgan fingerprint density at radius 2 is 2.38 bits per heavy atom. The normalized spacial score (nSPS) is 14.1. The molecule has 0 bridgehead atoms. The zero-order valence-corrected chi connectivity index (χ0v) is 10.3. The molecule has 3 heteroatoms. The van der Waals surface area contributed by atoms with Crippen molar-refractivity contribution in [3.05, 3.63) is 29.3 Å². The minimum absolute atomic E-state index is 0.239. The van der Waals surface area contributed by atoms with E-state index in [1.165, 1.54) is 5.56 Å². The standard InChI is InChI=1S/C13H16O2S/c1-16-8-6-12(14)10-4-5-13-11(9-10)3-2-7-15-13/h4-5,9H,2-3,6-8H2,1H3. The maximum atomic E-state index is 11.8. The highest BCUT2D eigenvalue weighted by Crippen LogP contribution is 2.26. The lowest BCUT2D eigenvalue weighted by Crippen LogP contribution is -2.10. The van der Waals surface area contributed by atoms with Crippen LogP contribution in [0.4, 0.5) is 0 Å². The molecule has 2 rings (SSSR count). The second-order valence-corrected chi connectivity index (χ2v) is 4.93. The molecule has 0 N–H and O–H groups in total. The number of carbonyl (C=O) groups is 1. The van der Waals surface area contributed by atoms with Gasteiger partial charge in [-0.15, -0.1) is 0 Å². The van der Waals surface area contributed by atoms with E-state index in [4.69, 9.17) is 4.74 Å². The summed E-state index contributed by atoms with van der Waals surface area (Å²) in [6, 6.07) is 5.81. The van der Waals surface area contributed by atoms with Crippen LogP contribution in [-0.4, -0.2) is 24.4 Å². The van der Waals surface area contributed by atoms with Gasteiger partial charge in [-0.3, -0.25) is 4.79 Å². The number of aryl methyl sites for hydroxylation is 1. The summed E-state index contributed by atoms with van der Waals surface area (Å²) in [7, 11) is 0. The maximum Gasteiger partial charge on any atom is 0.163 e. The third-order valence-electron chi connectivity index (χ3n) is 2.76. The van der Waals surface area contributed by atoms with E-state index >= 15 is 0 Å². The molecular weight excluding hydrogens is 220 g/mol. The number of hydrogen-bond acceptors (Lipinski definition) is 3. The Bertz CT molecular complexity index is 388. The first-order chi connectivity index (χ1) is 7.81. The minimum Gasteiger partial charge on any atom is -0.493 e. The third kappa shape index (κ3) is 2.59. The van der Waals surface area contributed by atoms with Gasteiger partial charge in [0, 0.05) is 17.7 Å². The molecule has 1 aliphatic rings. The molecule has 86 valence electrons. The second-order valence-electron chi connectivity index (χ2n) is 3.94. The molecule has 0 fully saturated rings. The molecule has 0 atom stereocenters. The fourth-order valence-corrected chi connectivity index (χ4v) is 2.26. The molecule has 0 radical (unpaired) electrons. The molecular formula is C13H16O2S. The van der Waals surface area contributed by atoms with Crippen molar-refractivity contribution in [3.8, 4) is 5.75 Å². The fourth-order valence-electron chi connectivity index (χ4n) is 1.87. The highest BCUT2D eigenvalue weighted by molar-refractivity contribution is 7.98. The summed E-state index contributed by atoms with van der Waals surface area (Å²) < 4.78 is 5.52. The van der Waals surface area contributed by atoms with E-state index < -0.39 is 0 Å². The number of ketones is 1. The largest absolute Gasteiger partial charge is 0.493 e. The monoisotopic (exact) mass is 236 g/mol. The van der Waals surface area contributed by atoms with E-state index in [1.54, 1.807) is 11.8 Å². The van der Waals surface area contributed by atoms with E-state index in [9.17, 15) is 4.79 Å². The number of fused-ring (bicyclic) bond motifs is 1. The highest BCUT2D eigenvalue weighted by atomic mass is 32.2. The summed E-state index contributed by atoms with van der Waals surface area (Å²) in [5, 5.41) is 0. The average molecular weight is 236 g/mol. The molecule has 0 spiro atoms. The predicted octanol–water partition coefficient (Wildman–Crippen LogP) is 2.95. The number of Topliss-reactive ketones (excluding diaryl/α,β-unsaturated/α-hetero) is 1. The average Bonchev–Trinajstić information content (AvgIpc) is 2.35. The SMILES string of the molecule is CSCCC(=O)c1ccc2c(c1)CCCO2. The van der Waals surface area contributed by atoms with Crippen LogP contribution in [0.25, 0.3) is 0 Å². The summed E-state index contributed by atoms with van der Waals surface area (Å²) in [5.74, 6) is 2.09. The van der Waals surface area contributed by atoms with Gasteiger partial charge in [-0.05, 0) is 42.9 Å². The Balaban J connectivity index is 2.13. The molecule has 0 saturated heterocycles. The van der Waals surface area contributed by atoms with Crippen LogP contribution in [0.5, 0.6) is 5.75 Å². The molecule has 0 aliphatic carbocycles. The molecule has 1 heterocycles. The van der Waals surface area contributed by atoms with Gasteiger partial charge in [-0.25, -0.2) is 0 Å². The lowest BCUT2D eigenvalue weighted by Gasteiger charge is -2.17. The number of thioether (sulfide) groups is 1. The number of benzene rings is 1. The zero-order valence-electron chi connectivity index (χ0n) is 9.49. The van der Waals surface area contributed by atoms with Crippen LogP contribution in [0.2, 0.25) is 0 Å². The summed E-state index contributed by atoms with van der Waals surface area (Å²) in [4.78, 5) is 11.8.